The lowest BCUT2D eigenvalue weighted by Crippen LogP contribution is -2.48. The van der Waals surface area contributed by atoms with Gasteiger partial charge in [-0.1, -0.05) is 48.0 Å². The van der Waals surface area contributed by atoms with Crippen LogP contribution in [0.3, 0.4) is 0 Å². The van der Waals surface area contributed by atoms with Crippen LogP contribution in [0, 0.1) is 6.92 Å². The third-order valence-electron chi connectivity index (χ3n) is 4.00. The highest BCUT2D eigenvalue weighted by Gasteiger charge is 2.30. The van der Waals surface area contributed by atoms with Crippen LogP contribution < -0.4 is 5.32 Å². The molecule has 0 saturated carbocycles. The second-order valence-corrected chi connectivity index (χ2v) is 7.53. The Hall–Kier alpha value is -1.69. The van der Waals surface area contributed by atoms with Crippen molar-refractivity contribution in [2.75, 3.05) is 19.6 Å². The van der Waals surface area contributed by atoms with Crippen molar-refractivity contribution in [3.05, 3.63) is 65.7 Å². The van der Waals surface area contributed by atoms with Crippen molar-refractivity contribution in [3.8, 4) is 0 Å². The van der Waals surface area contributed by atoms with E-state index in [9.17, 15) is 8.42 Å². The summed E-state index contributed by atoms with van der Waals surface area (Å²) in [6.07, 6.45) is 0. The standard InChI is InChI=1S/C17H20N2O2S/c1-14-7-9-16(10-8-14)22(20,21)19-12-11-18-17(13-19)15-5-3-2-4-6-15/h2-10,17-18H,11-13H2,1H3/t17-/m1/s1. The Morgan fingerprint density at radius 3 is 2.41 bits per heavy atom. The number of nitrogens with zero attached hydrogens (tertiary/aromatic N) is 1. The average molecular weight is 316 g/mol. The molecule has 1 aliphatic rings. The Morgan fingerprint density at radius 1 is 1.05 bits per heavy atom. The van der Waals surface area contributed by atoms with Gasteiger partial charge in [0.2, 0.25) is 10.0 Å². The zero-order valence-corrected chi connectivity index (χ0v) is 13.4. The summed E-state index contributed by atoms with van der Waals surface area (Å²) in [5.41, 5.74) is 2.17. The quantitative estimate of drug-likeness (QED) is 0.945. The van der Waals surface area contributed by atoms with Crippen molar-refractivity contribution < 1.29 is 8.42 Å². The summed E-state index contributed by atoms with van der Waals surface area (Å²) in [7, 11) is -3.43. The van der Waals surface area contributed by atoms with Crippen LogP contribution in [-0.2, 0) is 10.0 Å². The fraction of sp³-hybridized carbons (Fsp3) is 0.294. The summed E-state index contributed by atoms with van der Waals surface area (Å²) in [5.74, 6) is 0. The first-order chi connectivity index (χ1) is 10.6. The third kappa shape index (κ3) is 3.06. The minimum absolute atomic E-state index is 0.0372. The number of sulfonamides is 1. The van der Waals surface area contributed by atoms with Gasteiger partial charge < -0.3 is 5.32 Å². The Bertz CT molecular complexity index is 727. The lowest BCUT2D eigenvalue weighted by molar-refractivity contribution is 0.302. The molecule has 0 radical (unpaired) electrons. The molecule has 2 aromatic rings. The molecule has 3 rings (SSSR count). The van der Waals surface area contributed by atoms with Crippen LogP contribution in [0.1, 0.15) is 17.2 Å². The topological polar surface area (TPSA) is 49.4 Å². The zero-order chi connectivity index (χ0) is 15.6. The van der Waals surface area contributed by atoms with Gasteiger partial charge in [0, 0.05) is 25.7 Å². The zero-order valence-electron chi connectivity index (χ0n) is 12.6. The molecule has 1 heterocycles. The van der Waals surface area contributed by atoms with Crippen molar-refractivity contribution >= 4 is 10.0 Å². The van der Waals surface area contributed by atoms with Crippen LogP contribution in [0.25, 0.3) is 0 Å². The van der Waals surface area contributed by atoms with E-state index in [1.165, 1.54) is 0 Å². The maximum Gasteiger partial charge on any atom is 0.243 e. The van der Waals surface area contributed by atoms with Gasteiger partial charge in [0.15, 0.2) is 0 Å². The van der Waals surface area contributed by atoms with Gasteiger partial charge >= 0.3 is 0 Å². The molecule has 1 fully saturated rings. The van der Waals surface area contributed by atoms with Crippen molar-refractivity contribution in [1.29, 1.82) is 0 Å². The highest BCUT2D eigenvalue weighted by atomic mass is 32.2. The second-order valence-electron chi connectivity index (χ2n) is 5.59. The highest BCUT2D eigenvalue weighted by molar-refractivity contribution is 7.89. The smallest absolute Gasteiger partial charge is 0.243 e. The summed E-state index contributed by atoms with van der Waals surface area (Å²) in [5, 5.41) is 3.39. The Morgan fingerprint density at radius 2 is 1.73 bits per heavy atom. The Labute approximate surface area is 131 Å². The number of hydrogen-bond donors (Lipinski definition) is 1. The molecule has 0 aromatic heterocycles. The normalized spacial score (nSPS) is 20.0. The number of piperazine rings is 1. The van der Waals surface area contributed by atoms with E-state index in [2.05, 4.69) is 5.32 Å². The minimum atomic E-state index is -3.43. The van der Waals surface area contributed by atoms with Gasteiger partial charge in [-0.2, -0.15) is 4.31 Å². The SMILES string of the molecule is Cc1ccc(S(=O)(=O)N2CCN[C@@H](c3ccccc3)C2)cc1. The van der Waals surface area contributed by atoms with Gasteiger partial charge in [0.25, 0.3) is 0 Å². The largest absolute Gasteiger partial charge is 0.308 e. The molecule has 2 aromatic carbocycles. The molecule has 1 N–H and O–H groups in total. The van der Waals surface area contributed by atoms with Crippen molar-refractivity contribution in [3.63, 3.8) is 0 Å². The molecule has 0 spiro atoms. The predicted molar refractivity (Wildman–Crippen MR) is 87.1 cm³/mol. The second kappa shape index (κ2) is 6.20. The van der Waals surface area contributed by atoms with E-state index < -0.39 is 10.0 Å². The molecule has 1 atom stereocenters. The molecule has 0 amide bonds. The van der Waals surface area contributed by atoms with E-state index in [1.807, 2.05) is 49.4 Å². The van der Waals surface area contributed by atoms with Gasteiger partial charge in [-0.15, -0.1) is 0 Å². The van der Waals surface area contributed by atoms with Crippen LogP contribution in [-0.4, -0.2) is 32.4 Å². The van der Waals surface area contributed by atoms with Crippen LogP contribution in [0.2, 0.25) is 0 Å². The van der Waals surface area contributed by atoms with Crippen molar-refractivity contribution in [2.45, 2.75) is 17.9 Å². The van der Waals surface area contributed by atoms with Crippen LogP contribution in [0.15, 0.2) is 59.5 Å². The lowest BCUT2D eigenvalue weighted by Gasteiger charge is -2.33. The Balaban J connectivity index is 1.83. The average Bonchev–Trinajstić information content (AvgIpc) is 2.56. The fourth-order valence-electron chi connectivity index (χ4n) is 2.71. The van der Waals surface area contributed by atoms with Gasteiger partial charge in [0.1, 0.15) is 0 Å². The number of rotatable bonds is 3. The maximum atomic E-state index is 12.8. The molecule has 22 heavy (non-hydrogen) atoms. The van der Waals surface area contributed by atoms with Crippen molar-refractivity contribution in [2.24, 2.45) is 0 Å². The van der Waals surface area contributed by atoms with Crippen LogP contribution in [0.4, 0.5) is 0 Å². The maximum absolute atomic E-state index is 12.8. The molecule has 0 aliphatic carbocycles. The van der Waals surface area contributed by atoms with E-state index >= 15 is 0 Å². The lowest BCUT2D eigenvalue weighted by atomic mass is 10.1. The monoisotopic (exact) mass is 316 g/mol. The first-order valence-electron chi connectivity index (χ1n) is 7.42. The molecular weight excluding hydrogens is 296 g/mol. The molecule has 1 saturated heterocycles. The number of benzene rings is 2. The summed E-state index contributed by atoms with van der Waals surface area (Å²) in [6.45, 7) is 3.57. The van der Waals surface area contributed by atoms with Crippen LogP contribution >= 0.6 is 0 Å². The van der Waals surface area contributed by atoms with Gasteiger partial charge in [-0.3, -0.25) is 0 Å². The molecule has 5 heteroatoms. The first kappa shape index (κ1) is 15.2. The fourth-order valence-corrected chi connectivity index (χ4v) is 4.16. The molecule has 0 bridgehead atoms. The summed E-state index contributed by atoms with van der Waals surface area (Å²) in [4.78, 5) is 0.367. The van der Waals surface area contributed by atoms with E-state index in [4.69, 9.17) is 0 Å². The number of nitrogens with one attached hydrogen (secondary N) is 1. The summed E-state index contributed by atoms with van der Waals surface area (Å²) in [6, 6.07) is 17.1. The minimum Gasteiger partial charge on any atom is -0.308 e. The summed E-state index contributed by atoms with van der Waals surface area (Å²) < 4.78 is 27.1. The first-order valence-corrected chi connectivity index (χ1v) is 8.86. The van der Waals surface area contributed by atoms with Gasteiger partial charge in [-0.25, -0.2) is 8.42 Å². The van der Waals surface area contributed by atoms with Gasteiger partial charge in [-0.05, 0) is 24.6 Å². The Kier molecular flexibility index (Phi) is 4.29. The molecule has 116 valence electrons. The molecule has 0 unspecified atom stereocenters. The van der Waals surface area contributed by atoms with Gasteiger partial charge in [0.05, 0.1) is 4.90 Å². The van der Waals surface area contributed by atoms with Crippen molar-refractivity contribution in [1.82, 2.24) is 9.62 Å². The van der Waals surface area contributed by atoms with E-state index in [0.29, 0.717) is 24.5 Å². The molecule has 1 aliphatic heterocycles. The van der Waals surface area contributed by atoms with E-state index in [1.54, 1.807) is 16.4 Å². The number of hydrogen-bond acceptors (Lipinski definition) is 3. The van der Waals surface area contributed by atoms with E-state index in [0.717, 1.165) is 11.1 Å². The summed E-state index contributed by atoms with van der Waals surface area (Å²) >= 11 is 0. The predicted octanol–water partition coefficient (Wildman–Crippen LogP) is 2.33. The van der Waals surface area contributed by atoms with Crippen LogP contribution in [0.5, 0.6) is 0 Å². The highest BCUT2D eigenvalue weighted by Crippen LogP contribution is 2.23. The molecule has 4 nitrogen and oxygen atoms in total. The molecular formula is C17H20N2O2S. The van der Waals surface area contributed by atoms with E-state index in [-0.39, 0.29) is 6.04 Å². The third-order valence-corrected chi connectivity index (χ3v) is 5.88. The number of aryl methyl sites for hydroxylation is 1.